The van der Waals surface area contributed by atoms with Crippen molar-refractivity contribution in [1.82, 2.24) is 5.32 Å². The van der Waals surface area contributed by atoms with Crippen LogP contribution in [0.1, 0.15) is 63.1 Å². The molecule has 1 heteroatoms. The first-order valence-electron chi connectivity index (χ1n) is 6.95. The van der Waals surface area contributed by atoms with E-state index in [-0.39, 0.29) is 5.54 Å². The van der Waals surface area contributed by atoms with Crippen LogP contribution in [0.25, 0.3) is 0 Å². The number of aryl methyl sites for hydroxylation is 1. The van der Waals surface area contributed by atoms with Gasteiger partial charge in [-0.05, 0) is 55.3 Å². The molecule has 1 saturated heterocycles. The van der Waals surface area contributed by atoms with Gasteiger partial charge < -0.3 is 5.32 Å². The van der Waals surface area contributed by atoms with Crippen LogP contribution in [-0.4, -0.2) is 6.54 Å². The van der Waals surface area contributed by atoms with Crippen molar-refractivity contribution in [3.8, 4) is 0 Å². The molecular formula is C16H25N. The number of rotatable bonds is 3. The Morgan fingerprint density at radius 2 is 2.12 bits per heavy atom. The van der Waals surface area contributed by atoms with Crippen LogP contribution >= 0.6 is 0 Å². The lowest BCUT2D eigenvalue weighted by molar-refractivity contribution is 0.428. The summed E-state index contributed by atoms with van der Waals surface area (Å²) < 4.78 is 0. The van der Waals surface area contributed by atoms with E-state index in [1.807, 2.05) is 0 Å². The second-order valence-corrected chi connectivity index (χ2v) is 5.79. The van der Waals surface area contributed by atoms with Gasteiger partial charge in [-0.1, -0.05) is 39.0 Å². The van der Waals surface area contributed by atoms with Gasteiger partial charge in [0.25, 0.3) is 0 Å². The zero-order valence-corrected chi connectivity index (χ0v) is 11.6. The molecule has 1 aliphatic heterocycles. The molecule has 1 aromatic carbocycles. The third-order valence-electron chi connectivity index (χ3n) is 4.11. The fraction of sp³-hybridized carbons (Fsp3) is 0.625. The molecule has 1 nitrogen and oxygen atoms in total. The lowest BCUT2D eigenvalue weighted by Gasteiger charge is -2.29. The van der Waals surface area contributed by atoms with Crippen LogP contribution in [0, 0.1) is 0 Å². The molecule has 94 valence electrons. The van der Waals surface area contributed by atoms with E-state index in [0.29, 0.717) is 5.92 Å². The molecule has 0 bridgehead atoms. The van der Waals surface area contributed by atoms with E-state index < -0.39 is 0 Å². The first-order chi connectivity index (χ1) is 8.07. The van der Waals surface area contributed by atoms with Gasteiger partial charge in [-0.15, -0.1) is 0 Å². The van der Waals surface area contributed by atoms with E-state index in [4.69, 9.17) is 0 Å². The van der Waals surface area contributed by atoms with Crippen molar-refractivity contribution >= 4 is 0 Å². The van der Waals surface area contributed by atoms with Crippen LogP contribution in [0.5, 0.6) is 0 Å². The minimum absolute atomic E-state index is 0.199. The Balaban J connectivity index is 2.48. The van der Waals surface area contributed by atoms with E-state index in [2.05, 4.69) is 51.2 Å². The Labute approximate surface area is 106 Å². The van der Waals surface area contributed by atoms with E-state index in [9.17, 15) is 0 Å². The quantitative estimate of drug-likeness (QED) is 0.830. The Kier molecular flexibility index (Phi) is 3.58. The topological polar surface area (TPSA) is 12.0 Å². The SMILES string of the molecule is CCc1ccc(C(C)C)c(C2(C)CCCN2)c1. The lowest BCUT2D eigenvalue weighted by atomic mass is 9.82. The van der Waals surface area contributed by atoms with Crippen LogP contribution in [0.2, 0.25) is 0 Å². The van der Waals surface area contributed by atoms with Crippen LogP contribution in [0.4, 0.5) is 0 Å². The molecule has 1 N–H and O–H groups in total. The molecule has 2 rings (SSSR count). The predicted octanol–water partition coefficient (Wildman–Crippen LogP) is 3.97. The Morgan fingerprint density at radius 1 is 1.35 bits per heavy atom. The van der Waals surface area contributed by atoms with E-state index in [1.165, 1.54) is 29.5 Å². The molecule has 1 fully saturated rings. The van der Waals surface area contributed by atoms with Gasteiger partial charge in [0.15, 0.2) is 0 Å². The summed E-state index contributed by atoms with van der Waals surface area (Å²) in [7, 11) is 0. The molecule has 17 heavy (non-hydrogen) atoms. The van der Waals surface area contributed by atoms with Gasteiger partial charge >= 0.3 is 0 Å². The number of hydrogen-bond acceptors (Lipinski definition) is 1. The third-order valence-corrected chi connectivity index (χ3v) is 4.11. The molecule has 1 atom stereocenters. The zero-order valence-electron chi connectivity index (χ0n) is 11.6. The van der Waals surface area contributed by atoms with E-state index in [0.717, 1.165) is 13.0 Å². The Bertz CT molecular complexity index is 387. The fourth-order valence-corrected chi connectivity index (χ4v) is 2.93. The molecule has 0 aliphatic carbocycles. The van der Waals surface area contributed by atoms with Gasteiger partial charge in [-0.3, -0.25) is 0 Å². The van der Waals surface area contributed by atoms with E-state index >= 15 is 0 Å². The molecule has 0 spiro atoms. The second kappa shape index (κ2) is 4.81. The van der Waals surface area contributed by atoms with Crippen molar-refractivity contribution in [3.63, 3.8) is 0 Å². The summed E-state index contributed by atoms with van der Waals surface area (Å²) in [5.41, 5.74) is 4.70. The highest BCUT2D eigenvalue weighted by molar-refractivity contribution is 5.39. The molecule has 1 aromatic rings. The fourth-order valence-electron chi connectivity index (χ4n) is 2.93. The van der Waals surface area contributed by atoms with Crippen molar-refractivity contribution in [1.29, 1.82) is 0 Å². The smallest absolute Gasteiger partial charge is 0.0409 e. The number of nitrogens with one attached hydrogen (secondary N) is 1. The van der Waals surface area contributed by atoms with Crippen molar-refractivity contribution in [2.24, 2.45) is 0 Å². The highest BCUT2D eigenvalue weighted by Crippen LogP contribution is 2.36. The van der Waals surface area contributed by atoms with Crippen LogP contribution in [-0.2, 0) is 12.0 Å². The lowest BCUT2D eigenvalue weighted by Crippen LogP contribution is -2.34. The van der Waals surface area contributed by atoms with Crippen molar-refractivity contribution in [2.45, 2.75) is 58.4 Å². The van der Waals surface area contributed by atoms with Crippen molar-refractivity contribution in [3.05, 3.63) is 34.9 Å². The summed E-state index contributed by atoms with van der Waals surface area (Å²) in [5.74, 6) is 0.607. The van der Waals surface area contributed by atoms with Crippen LogP contribution in [0.3, 0.4) is 0 Å². The van der Waals surface area contributed by atoms with Gasteiger partial charge in [-0.25, -0.2) is 0 Å². The van der Waals surface area contributed by atoms with Crippen LogP contribution < -0.4 is 5.32 Å². The van der Waals surface area contributed by atoms with Gasteiger partial charge in [0.2, 0.25) is 0 Å². The summed E-state index contributed by atoms with van der Waals surface area (Å²) >= 11 is 0. The van der Waals surface area contributed by atoms with Gasteiger partial charge in [-0.2, -0.15) is 0 Å². The van der Waals surface area contributed by atoms with Crippen molar-refractivity contribution in [2.75, 3.05) is 6.54 Å². The summed E-state index contributed by atoms with van der Waals surface area (Å²) in [5, 5.41) is 3.70. The highest BCUT2D eigenvalue weighted by Gasteiger charge is 2.32. The third kappa shape index (κ3) is 2.40. The minimum Gasteiger partial charge on any atom is -0.308 e. The zero-order chi connectivity index (χ0) is 12.5. The largest absolute Gasteiger partial charge is 0.308 e. The first-order valence-corrected chi connectivity index (χ1v) is 6.95. The first kappa shape index (κ1) is 12.6. The van der Waals surface area contributed by atoms with Gasteiger partial charge in [0.05, 0.1) is 0 Å². The summed E-state index contributed by atoms with van der Waals surface area (Å²) in [6, 6.07) is 7.05. The maximum atomic E-state index is 3.70. The molecule has 1 aliphatic rings. The summed E-state index contributed by atoms with van der Waals surface area (Å²) in [6.07, 6.45) is 3.69. The average molecular weight is 231 g/mol. The maximum absolute atomic E-state index is 3.70. The second-order valence-electron chi connectivity index (χ2n) is 5.79. The molecule has 0 saturated carbocycles. The monoisotopic (exact) mass is 231 g/mol. The number of hydrogen-bond donors (Lipinski definition) is 1. The molecule has 0 amide bonds. The predicted molar refractivity (Wildman–Crippen MR) is 74.5 cm³/mol. The normalized spacial score (nSPS) is 24.5. The average Bonchev–Trinajstić information content (AvgIpc) is 2.76. The standard InChI is InChI=1S/C16H25N/c1-5-13-7-8-14(12(2)3)15(11-13)16(4)9-6-10-17-16/h7-8,11-12,17H,5-6,9-10H2,1-4H3. The molecular weight excluding hydrogens is 206 g/mol. The molecule has 1 unspecified atom stereocenters. The highest BCUT2D eigenvalue weighted by atomic mass is 15.0. The van der Waals surface area contributed by atoms with Gasteiger partial charge in [0, 0.05) is 5.54 Å². The number of benzene rings is 1. The maximum Gasteiger partial charge on any atom is 0.0409 e. The molecule has 0 aromatic heterocycles. The van der Waals surface area contributed by atoms with Crippen molar-refractivity contribution < 1.29 is 0 Å². The molecule has 1 heterocycles. The van der Waals surface area contributed by atoms with E-state index in [1.54, 1.807) is 0 Å². The minimum atomic E-state index is 0.199. The summed E-state index contributed by atoms with van der Waals surface area (Å²) in [6.45, 7) is 10.3. The summed E-state index contributed by atoms with van der Waals surface area (Å²) in [4.78, 5) is 0. The molecule has 0 radical (unpaired) electrons. The Hall–Kier alpha value is -0.820. The Morgan fingerprint density at radius 3 is 2.65 bits per heavy atom. The van der Waals surface area contributed by atoms with Gasteiger partial charge in [0.1, 0.15) is 0 Å². The van der Waals surface area contributed by atoms with Crippen LogP contribution in [0.15, 0.2) is 18.2 Å².